The molecular weight excluding hydrogens is 572 g/mol. The van der Waals surface area contributed by atoms with Crippen molar-refractivity contribution in [3.63, 3.8) is 0 Å². The Kier molecular flexibility index (Phi) is 8.33. The topological polar surface area (TPSA) is 201 Å². The number of hydrogen-bond donors (Lipinski definition) is 5. The van der Waals surface area contributed by atoms with Crippen molar-refractivity contribution < 1.29 is 48.5 Å². The van der Waals surface area contributed by atoms with Crippen LogP contribution in [0.5, 0.6) is 17.2 Å². The van der Waals surface area contributed by atoms with Crippen LogP contribution in [-0.2, 0) is 24.0 Å². The standard InChI is InChI=1S/C27H28N4O10S/c1-12(32)40-17-10-7-15(11-18(17)41-13(2)33)28-26(39)30-19(14-5-8-16(34)9-6-14)22(35)29-20-23(36)31-21(25(37)38)27(3,4)42-24(20)31/h5-11,19-21,24,34H,1-4H3,(H,29,35)(H,37,38)(H2,28,30,39)/t19?,20-,21+,24-/m1/s1. The largest absolute Gasteiger partial charge is 0.508 e. The van der Waals surface area contributed by atoms with E-state index in [0.29, 0.717) is 0 Å². The number of carbonyl (C=O) groups is 6. The maximum absolute atomic E-state index is 13.4. The minimum absolute atomic E-state index is 0.0534. The number of carboxylic acid groups (broad SMARTS) is 1. The first kappa shape index (κ1) is 30.2. The summed E-state index contributed by atoms with van der Waals surface area (Å²) in [7, 11) is 0. The number of rotatable bonds is 8. The van der Waals surface area contributed by atoms with E-state index in [4.69, 9.17) is 9.47 Å². The third-order valence-electron chi connectivity index (χ3n) is 6.45. The van der Waals surface area contributed by atoms with E-state index in [-0.39, 0.29) is 28.5 Å². The van der Waals surface area contributed by atoms with Gasteiger partial charge in [0, 0.05) is 30.3 Å². The molecule has 2 aromatic carbocycles. The number of thioether (sulfide) groups is 1. The molecule has 0 radical (unpaired) electrons. The first-order chi connectivity index (χ1) is 19.7. The molecule has 14 nitrogen and oxygen atoms in total. The van der Waals surface area contributed by atoms with Gasteiger partial charge in [-0.15, -0.1) is 11.8 Å². The van der Waals surface area contributed by atoms with Crippen molar-refractivity contribution in [1.29, 1.82) is 0 Å². The van der Waals surface area contributed by atoms with Crippen molar-refractivity contribution in [2.45, 2.75) is 55.9 Å². The van der Waals surface area contributed by atoms with Crippen molar-refractivity contribution in [1.82, 2.24) is 15.5 Å². The molecule has 1 unspecified atom stereocenters. The number of esters is 2. The fourth-order valence-electron chi connectivity index (χ4n) is 4.71. The lowest BCUT2D eigenvalue weighted by Gasteiger charge is -2.44. The number of β-lactam (4-membered cyclic amide) rings is 1. The van der Waals surface area contributed by atoms with E-state index >= 15 is 0 Å². The summed E-state index contributed by atoms with van der Waals surface area (Å²) >= 11 is 1.25. The number of carboxylic acids is 1. The highest BCUT2D eigenvalue weighted by Gasteiger charge is 2.64. The van der Waals surface area contributed by atoms with E-state index in [9.17, 15) is 39.0 Å². The minimum Gasteiger partial charge on any atom is -0.508 e. The molecule has 0 aliphatic carbocycles. The number of benzene rings is 2. The van der Waals surface area contributed by atoms with Gasteiger partial charge in [-0.2, -0.15) is 0 Å². The number of nitrogens with one attached hydrogen (secondary N) is 3. The number of aliphatic carboxylic acids is 1. The molecule has 4 amide bonds. The quantitative estimate of drug-likeness (QED) is 0.168. The molecular formula is C27H28N4O10S. The minimum atomic E-state index is -1.34. The van der Waals surface area contributed by atoms with E-state index in [1.165, 1.54) is 59.1 Å². The Morgan fingerprint density at radius 2 is 1.60 bits per heavy atom. The van der Waals surface area contributed by atoms with Gasteiger partial charge in [-0.05, 0) is 43.7 Å². The van der Waals surface area contributed by atoms with Crippen molar-refractivity contribution in [2.75, 3.05) is 5.32 Å². The Morgan fingerprint density at radius 1 is 0.976 bits per heavy atom. The molecule has 2 aliphatic heterocycles. The number of ether oxygens (including phenoxy) is 2. The van der Waals surface area contributed by atoms with Gasteiger partial charge >= 0.3 is 23.9 Å². The summed E-state index contributed by atoms with van der Waals surface area (Å²) in [5.74, 6) is -4.08. The van der Waals surface area contributed by atoms with Crippen molar-refractivity contribution in [2.24, 2.45) is 0 Å². The maximum Gasteiger partial charge on any atom is 0.327 e. The Balaban J connectivity index is 1.52. The molecule has 2 fully saturated rings. The summed E-state index contributed by atoms with van der Waals surface area (Å²) in [5.41, 5.74) is 0.399. The van der Waals surface area contributed by atoms with Gasteiger partial charge in [0.15, 0.2) is 11.5 Å². The number of phenolic OH excluding ortho intramolecular Hbond substituents is 1. The highest BCUT2D eigenvalue weighted by molar-refractivity contribution is 8.01. The molecule has 2 heterocycles. The van der Waals surface area contributed by atoms with Crippen LogP contribution >= 0.6 is 11.8 Å². The maximum atomic E-state index is 13.4. The summed E-state index contributed by atoms with van der Waals surface area (Å²) in [6.45, 7) is 5.72. The van der Waals surface area contributed by atoms with Crippen molar-refractivity contribution >= 4 is 53.2 Å². The van der Waals surface area contributed by atoms with Crippen LogP contribution < -0.4 is 25.4 Å². The number of aromatic hydroxyl groups is 1. The van der Waals surface area contributed by atoms with Crippen LogP contribution in [0.1, 0.15) is 39.3 Å². The number of amides is 4. The second-order valence-corrected chi connectivity index (χ2v) is 11.8. The van der Waals surface area contributed by atoms with Gasteiger partial charge in [-0.25, -0.2) is 9.59 Å². The van der Waals surface area contributed by atoms with E-state index in [2.05, 4.69) is 16.0 Å². The van der Waals surface area contributed by atoms with Gasteiger partial charge < -0.3 is 40.5 Å². The third-order valence-corrected chi connectivity index (χ3v) is 8.02. The average Bonchev–Trinajstić information content (AvgIpc) is 3.15. The zero-order chi connectivity index (χ0) is 30.9. The second-order valence-electron chi connectivity index (χ2n) is 10.1. The van der Waals surface area contributed by atoms with Crippen LogP contribution in [0.15, 0.2) is 42.5 Å². The number of anilines is 1. The highest BCUT2D eigenvalue weighted by atomic mass is 32.2. The molecule has 4 rings (SSSR count). The third kappa shape index (κ3) is 6.25. The first-order valence-electron chi connectivity index (χ1n) is 12.6. The predicted octanol–water partition coefficient (Wildman–Crippen LogP) is 1.74. The summed E-state index contributed by atoms with van der Waals surface area (Å²) in [6, 6.07) is 5.10. The summed E-state index contributed by atoms with van der Waals surface area (Å²) in [5, 5.41) is 26.4. The zero-order valence-electron chi connectivity index (χ0n) is 22.9. The molecule has 15 heteroatoms. The molecule has 5 N–H and O–H groups in total. The van der Waals surface area contributed by atoms with Crippen LogP contribution in [0, 0.1) is 0 Å². The lowest BCUT2D eigenvalue weighted by atomic mass is 9.95. The van der Waals surface area contributed by atoms with E-state index < -0.39 is 64.0 Å². The summed E-state index contributed by atoms with van der Waals surface area (Å²) in [4.78, 5) is 75.2. The second kappa shape index (κ2) is 11.6. The smallest absolute Gasteiger partial charge is 0.327 e. The number of nitrogens with zero attached hydrogens (tertiary/aromatic N) is 1. The number of carbonyl (C=O) groups excluding carboxylic acids is 5. The number of urea groups is 1. The molecule has 222 valence electrons. The fourth-order valence-corrected chi connectivity index (χ4v) is 6.33. The zero-order valence-corrected chi connectivity index (χ0v) is 23.7. The molecule has 2 aliphatic rings. The van der Waals surface area contributed by atoms with E-state index in [1.54, 1.807) is 13.8 Å². The molecule has 0 spiro atoms. The molecule has 2 aromatic rings. The van der Waals surface area contributed by atoms with Crippen LogP contribution in [0.4, 0.5) is 10.5 Å². The molecule has 4 atom stereocenters. The normalized spacial score (nSPS) is 20.8. The van der Waals surface area contributed by atoms with Gasteiger partial charge in [0.1, 0.15) is 29.2 Å². The van der Waals surface area contributed by atoms with Gasteiger partial charge in [-0.3, -0.25) is 19.2 Å². The van der Waals surface area contributed by atoms with Gasteiger partial charge in [0.25, 0.3) is 0 Å². The van der Waals surface area contributed by atoms with E-state index in [0.717, 1.165) is 13.8 Å². The number of hydrogen-bond acceptors (Lipinski definition) is 10. The SMILES string of the molecule is CC(=O)Oc1ccc(NC(=O)NC(C(=O)N[C@@H]2C(=O)N3[C@@H]2SC(C)(C)[C@@H]3C(=O)O)c2ccc(O)cc2)cc1OC(C)=O. The Labute approximate surface area is 243 Å². The predicted molar refractivity (Wildman–Crippen MR) is 148 cm³/mol. The Bertz CT molecular complexity index is 1460. The van der Waals surface area contributed by atoms with Crippen LogP contribution in [0.3, 0.4) is 0 Å². The number of fused-ring (bicyclic) bond motifs is 1. The van der Waals surface area contributed by atoms with E-state index in [1.807, 2.05) is 0 Å². The highest BCUT2D eigenvalue weighted by Crippen LogP contribution is 2.50. The lowest BCUT2D eigenvalue weighted by molar-refractivity contribution is -0.161. The molecule has 0 saturated carbocycles. The molecule has 42 heavy (non-hydrogen) atoms. The Morgan fingerprint density at radius 3 is 2.19 bits per heavy atom. The van der Waals surface area contributed by atoms with Gasteiger partial charge in [-0.1, -0.05) is 12.1 Å². The van der Waals surface area contributed by atoms with Crippen molar-refractivity contribution in [3.05, 3.63) is 48.0 Å². The van der Waals surface area contributed by atoms with Gasteiger partial charge in [0.2, 0.25) is 11.8 Å². The Hall–Kier alpha value is -4.79. The lowest BCUT2D eigenvalue weighted by Crippen LogP contribution is -2.71. The summed E-state index contributed by atoms with van der Waals surface area (Å²) in [6.07, 6.45) is 0. The fraction of sp³-hybridized carbons (Fsp3) is 0.333. The summed E-state index contributed by atoms with van der Waals surface area (Å²) < 4.78 is 9.28. The first-order valence-corrected chi connectivity index (χ1v) is 13.5. The van der Waals surface area contributed by atoms with Crippen LogP contribution in [-0.4, -0.2) is 73.1 Å². The molecule has 2 saturated heterocycles. The van der Waals surface area contributed by atoms with Crippen molar-refractivity contribution in [3.8, 4) is 17.2 Å². The van der Waals surface area contributed by atoms with Gasteiger partial charge in [0.05, 0.1) is 0 Å². The van der Waals surface area contributed by atoms with Crippen LogP contribution in [0.2, 0.25) is 0 Å². The monoisotopic (exact) mass is 600 g/mol. The molecule has 0 aromatic heterocycles. The number of phenols is 1. The van der Waals surface area contributed by atoms with Crippen LogP contribution in [0.25, 0.3) is 0 Å². The molecule has 0 bridgehead atoms. The average molecular weight is 601 g/mol.